The third kappa shape index (κ3) is 3.65. The molecule has 0 aromatic heterocycles. The molecule has 0 bridgehead atoms. The van der Waals surface area contributed by atoms with Crippen molar-refractivity contribution in [3.63, 3.8) is 0 Å². The zero-order valence-electron chi connectivity index (χ0n) is 14.0. The van der Waals surface area contributed by atoms with Gasteiger partial charge in [0.2, 0.25) is 0 Å². The summed E-state index contributed by atoms with van der Waals surface area (Å²) in [6.45, 7) is 11.9. The summed E-state index contributed by atoms with van der Waals surface area (Å²) in [5, 5.41) is 20.1. The van der Waals surface area contributed by atoms with E-state index in [2.05, 4.69) is 39.2 Å². The monoisotopic (exact) mass is 310 g/mol. The zero-order chi connectivity index (χ0) is 17.0. The second kappa shape index (κ2) is 7.01. The second-order valence-electron chi connectivity index (χ2n) is 6.58. The van der Waals surface area contributed by atoms with Crippen LogP contribution in [0.5, 0.6) is 5.75 Å². The summed E-state index contributed by atoms with van der Waals surface area (Å²) in [6, 6.07) is 5.77. The number of rotatable bonds is 6. The van der Waals surface area contributed by atoms with Crippen LogP contribution >= 0.6 is 0 Å². The lowest BCUT2D eigenvalue weighted by atomic mass is 9.74. The zero-order valence-corrected chi connectivity index (χ0v) is 14.0. The van der Waals surface area contributed by atoms with Crippen molar-refractivity contribution in [2.45, 2.75) is 44.6 Å². The first-order valence-electron chi connectivity index (χ1n) is 8.03. The molecule has 2 nitrogen and oxygen atoms in total. The number of hydrogen-bond acceptors (Lipinski definition) is 2. The number of hydrogen-bond donors (Lipinski definition) is 2. The first-order chi connectivity index (χ1) is 10.9. The van der Waals surface area contributed by atoms with Crippen LogP contribution in [0.2, 0.25) is 0 Å². The van der Waals surface area contributed by atoms with Crippen molar-refractivity contribution in [3.8, 4) is 5.75 Å². The molecule has 1 aliphatic carbocycles. The molecule has 0 heterocycles. The minimum absolute atomic E-state index is 0.198. The van der Waals surface area contributed by atoms with E-state index >= 15 is 0 Å². The molecule has 0 saturated carbocycles. The van der Waals surface area contributed by atoms with Gasteiger partial charge in [-0.15, -0.1) is 13.2 Å². The Hall–Kier alpha value is -2.06. The molecule has 1 aliphatic rings. The maximum absolute atomic E-state index is 10.1. The molecule has 1 aromatic carbocycles. The Labute approximate surface area is 139 Å². The molecule has 0 amide bonds. The van der Waals surface area contributed by atoms with Gasteiger partial charge in [-0.2, -0.15) is 0 Å². The van der Waals surface area contributed by atoms with E-state index in [1.165, 1.54) is 5.57 Å². The van der Waals surface area contributed by atoms with Gasteiger partial charge in [0.1, 0.15) is 5.75 Å². The first-order valence-corrected chi connectivity index (χ1v) is 8.03. The van der Waals surface area contributed by atoms with Gasteiger partial charge in [-0.25, -0.2) is 0 Å². The molecule has 23 heavy (non-hydrogen) atoms. The molecule has 1 atom stereocenters. The van der Waals surface area contributed by atoms with E-state index in [-0.39, 0.29) is 5.41 Å². The fraction of sp³-hybridized carbons (Fsp3) is 0.333. The van der Waals surface area contributed by atoms with Crippen molar-refractivity contribution < 1.29 is 10.2 Å². The molecule has 2 heteroatoms. The fourth-order valence-corrected chi connectivity index (χ4v) is 3.00. The van der Waals surface area contributed by atoms with Gasteiger partial charge in [0.15, 0.2) is 0 Å². The largest absolute Gasteiger partial charge is 0.508 e. The molecule has 2 N–H and O–H groups in total. The molecular weight excluding hydrogens is 284 g/mol. The Kier molecular flexibility index (Phi) is 5.27. The molecule has 0 radical (unpaired) electrons. The van der Waals surface area contributed by atoms with Crippen molar-refractivity contribution in [1.29, 1.82) is 0 Å². The van der Waals surface area contributed by atoms with Crippen LogP contribution in [0.3, 0.4) is 0 Å². The van der Waals surface area contributed by atoms with Crippen LogP contribution in [-0.4, -0.2) is 16.3 Å². The second-order valence-corrected chi connectivity index (χ2v) is 6.58. The summed E-state index contributed by atoms with van der Waals surface area (Å²) in [5.41, 5.74) is 4.03. The highest BCUT2D eigenvalue weighted by molar-refractivity contribution is 5.48. The SMILES string of the molecule is C=CCC1=CC(C(C)(C)c2ccc(O)c(CC=C)c2)=CCC1O. The van der Waals surface area contributed by atoms with E-state index in [0.717, 1.165) is 16.7 Å². The number of aliphatic hydroxyl groups is 1. The third-order valence-corrected chi connectivity index (χ3v) is 4.60. The van der Waals surface area contributed by atoms with Crippen LogP contribution in [-0.2, 0) is 11.8 Å². The summed E-state index contributed by atoms with van der Waals surface area (Å²) in [5.74, 6) is 0.306. The van der Waals surface area contributed by atoms with Crippen molar-refractivity contribution in [1.82, 2.24) is 0 Å². The standard InChI is InChI=1S/C21H26O2/c1-5-7-15-13-17(9-11-19(15)22)21(3,4)18-10-12-20(23)16(14-18)8-6-2/h5-6,9-11,13-14,20,22-23H,1-2,7-8,12H2,3-4H3. The van der Waals surface area contributed by atoms with Gasteiger partial charge in [0, 0.05) is 5.41 Å². The fourth-order valence-electron chi connectivity index (χ4n) is 3.00. The minimum Gasteiger partial charge on any atom is -0.508 e. The van der Waals surface area contributed by atoms with Crippen LogP contribution in [0.1, 0.15) is 37.8 Å². The Bertz CT molecular complexity index is 662. The quantitative estimate of drug-likeness (QED) is 0.754. The number of benzene rings is 1. The normalized spacial score (nSPS) is 18.1. The summed E-state index contributed by atoms with van der Waals surface area (Å²) in [6.07, 6.45) is 9.39. The summed E-state index contributed by atoms with van der Waals surface area (Å²) in [7, 11) is 0. The van der Waals surface area contributed by atoms with E-state index in [9.17, 15) is 10.2 Å². The maximum atomic E-state index is 10.1. The van der Waals surface area contributed by atoms with Crippen molar-refractivity contribution in [2.24, 2.45) is 0 Å². The van der Waals surface area contributed by atoms with E-state index < -0.39 is 6.10 Å². The molecular formula is C21H26O2. The Balaban J connectivity index is 2.40. The number of phenols is 1. The highest BCUT2D eigenvalue weighted by atomic mass is 16.3. The van der Waals surface area contributed by atoms with Gasteiger partial charge in [0.05, 0.1) is 6.10 Å². The molecule has 122 valence electrons. The molecule has 0 spiro atoms. The average molecular weight is 310 g/mol. The third-order valence-electron chi connectivity index (χ3n) is 4.60. The van der Waals surface area contributed by atoms with Crippen LogP contribution in [0.15, 0.2) is 66.8 Å². The number of aromatic hydroxyl groups is 1. The minimum atomic E-state index is -0.413. The van der Waals surface area contributed by atoms with Gasteiger partial charge in [-0.05, 0) is 47.6 Å². The van der Waals surface area contributed by atoms with Crippen molar-refractivity contribution >= 4 is 0 Å². The van der Waals surface area contributed by atoms with E-state index in [1.54, 1.807) is 12.1 Å². The van der Waals surface area contributed by atoms with E-state index in [0.29, 0.717) is 25.0 Å². The summed E-state index contributed by atoms with van der Waals surface area (Å²) < 4.78 is 0. The molecule has 2 rings (SSSR count). The van der Waals surface area contributed by atoms with Gasteiger partial charge in [-0.1, -0.05) is 50.3 Å². The van der Waals surface area contributed by atoms with Gasteiger partial charge in [0.25, 0.3) is 0 Å². The van der Waals surface area contributed by atoms with Crippen LogP contribution in [0.4, 0.5) is 0 Å². The predicted octanol–water partition coefficient (Wildman–Crippen LogP) is 4.59. The van der Waals surface area contributed by atoms with Crippen LogP contribution in [0, 0.1) is 0 Å². The topological polar surface area (TPSA) is 40.5 Å². The molecule has 1 aromatic rings. The summed E-state index contributed by atoms with van der Waals surface area (Å²) >= 11 is 0. The summed E-state index contributed by atoms with van der Waals surface area (Å²) in [4.78, 5) is 0. The lowest BCUT2D eigenvalue weighted by Crippen LogP contribution is -2.24. The van der Waals surface area contributed by atoms with Crippen LogP contribution in [0.25, 0.3) is 0 Å². The Morgan fingerprint density at radius 2 is 1.91 bits per heavy atom. The Morgan fingerprint density at radius 3 is 2.57 bits per heavy atom. The lowest BCUT2D eigenvalue weighted by molar-refractivity contribution is 0.209. The van der Waals surface area contributed by atoms with Crippen LogP contribution < -0.4 is 0 Å². The highest BCUT2D eigenvalue weighted by Crippen LogP contribution is 2.38. The number of phenolic OH excluding ortho intramolecular Hbond substituents is 1. The smallest absolute Gasteiger partial charge is 0.119 e. The van der Waals surface area contributed by atoms with E-state index in [1.807, 2.05) is 18.2 Å². The molecule has 0 aliphatic heterocycles. The first kappa shape index (κ1) is 17.3. The predicted molar refractivity (Wildman–Crippen MR) is 96.6 cm³/mol. The maximum Gasteiger partial charge on any atom is 0.119 e. The average Bonchev–Trinajstić information content (AvgIpc) is 2.51. The number of aliphatic hydroxyl groups excluding tert-OH is 1. The van der Waals surface area contributed by atoms with Crippen molar-refractivity contribution in [3.05, 3.63) is 77.9 Å². The molecule has 0 saturated heterocycles. The van der Waals surface area contributed by atoms with Crippen molar-refractivity contribution in [2.75, 3.05) is 0 Å². The van der Waals surface area contributed by atoms with Gasteiger partial charge in [-0.3, -0.25) is 0 Å². The van der Waals surface area contributed by atoms with Gasteiger partial charge >= 0.3 is 0 Å². The van der Waals surface area contributed by atoms with Gasteiger partial charge < -0.3 is 10.2 Å². The molecule has 0 fully saturated rings. The number of allylic oxidation sites excluding steroid dienone is 4. The lowest BCUT2D eigenvalue weighted by Gasteiger charge is -2.31. The Morgan fingerprint density at radius 1 is 1.22 bits per heavy atom. The highest BCUT2D eigenvalue weighted by Gasteiger charge is 2.28. The van der Waals surface area contributed by atoms with E-state index in [4.69, 9.17) is 0 Å². The molecule has 1 unspecified atom stereocenters.